The van der Waals surface area contributed by atoms with Crippen LogP contribution in [0.25, 0.3) is 22.3 Å². The maximum absolute atomic E-state index is 12.2. The van der Waals surface area contributed by atoms with Crippen molar-refractivity contribution in [1.82, 2.24) is 69.6 Å². The number of aryl methyl sites for hydroxylation is 3. The van der Waals surface area contributed by atoms with E-state index in [-0.39, 0.29) is 23.8 Å². The van der Waals surface area contributed by atoms with Gasteiger partial charge in [0.05, 0.1) is 36.7 Å². The first-order chi connectivity index (χ1) is 30.2. The van der Waals surface area contributed by atoms with Crippen LogP contribution in [0.15, 0.2) is 66.6 Å². The number of piperidine rings is 2. The molecule has 2 fully saturated rings. The van der Waals surface area contributed by atoms with Crippen molar-refractivity contribution >= 4 is 51.4 Å². The smallest absolute Gasteiger partial charge is 0.410 e. The van der Waals surface area contributed by atoms with Crippen LogP contribution in [-0.2, 0) is 18.8 Å². The van der Waals surface area contributed by atoms with Crippen molar-refractivity contribution in [3.8, 4) is 28.3 Å². The highest BCUT2D eigenvalue weighted by molar-refractivity contribution is 9.10. The maximum Gasteiger partial charge on any atom is 0.410 e. The number of carbonyl (C=O) groups excluding carboxylic acids is 1. The van der Waals surface area contributed by atoms with Crippen LogP contribution in [0.4, 0.5) is 34.1 Å². The van der Waals surface area contributed by atoms with Gasteiger partial charge in [-0.3, -0.25) is 14.3 Å². The number of ether oxygens (including phenoxy) is 1. The van der Waals surface area contributed by atoms with Crippen LogP contribution in [0.5, 0.6) is 0 Å². The molecule has 22 heteroatoms. The number of nitriles is 1. The Morgan fingerprint density at radius 1 is 0.810 bits per heavy atom. The number of nitrogens with zero attached hydrogens (tertiary/aromatic N) is 14. The molecule has 2 saturated heterocycles. The number of hydrogen-bond donors (Lipinski definition) is 5. The van der Waals surface area contributed by atoms with Gasteiger partial charge in [0.15, 0.2) is 11.5 Å². The van der Waals surface area contributed by atoms with Crippen molar-refractivity contribution in [3.05, 3.63) is 78.0 Å². The minimum atomic E-state index is -0.483. The van der Waals surface area contributed by atoms with E-state index < -0.39 is 5.60 Å². The lowest BCUT2D eigenvalue weighted by atomic mass is 10.0. The molecule has 8 rings (SSSR count). The van der Waals surface area contributed by atoms with E-state index >= 15 is 0 Å². The first-order valence-corrected chi connectivity index (χ1v) is 21.1. The Bertz CT molecular complexity index is 2430. The number of nitrogen functional groups attached to an aromatic ring is 1. The number of anilines is 5. The van der Waals surface area contributed by atoms with Crippen molar-refractivity contribution in [2.45, 2.75) is 71.1 Å². The topological polar surface area (TPSA) is 266 Å². The molecule has 0 bridgehead atoms. The Labute approximate surface area is 373 Å². The Hall–Kier alpha value is -6.86. The van der Waals surface area contributed by atoms with E-state index in [4.69, 9.17) is 15.7 Å². The van der Waals surface area contributed by atoms with E-state index in [0.29, 0.717) is 36.7 Å². The summed E-state index contributed by atoms with van der Waals surface area (Å²) in [4.78, 5) is 47.6. The fourth-order valence-corrected chi connectivity index (χ4v) is 6.63. The molecule has 0 aromatic carbocycles. The first-order valence-electron chi connectivity index (χ1n) is 20.3. The van der Waals surface area contributed by atoms with Gasteiger partial charge in [-0.1, -0.05) is 0 Å². The normalized spacial score (nSPS) is 14.3. The second kappa shape index (κ2) is 21.3. The summed E-state index contributed by atoms with van der Waals surface area (Å²) in [5.74, 6) is 2.53. The third kappa shape index (κ3) is 13.8. The van der Waals surface area contributed by atoms with E-state index in [9.17, 15) is 4.79 Å². The highest BCUT2D eigenvalue weighted by Crippen LogP contribution is 2.30. The fraction of sp³-hybridized carbons (Fsp3) is 0.415. The van der Waals surface area contributed by atoms with Crippen molar-refractivity contribution in [1.29, 1.82) is 5.26 Å². The number of nitrogens with two attached hydrogens (primary N) is 1. The fourth-order valence-electron chi connectivity index (χ4n) is 6.43. The van der Waals surface area contributed by atoms with Crippen LogP contribution >= 0.6 is 15.9 Å². The molecule has 0 saturated carbocycles. The summed E-state index contributed by atoms with van der Waals surface area (Å²) in [5, 5.41) is 30.7. The molecule has 0 atom stereocenters. The van der Waals surface area contributed by atoms with E-state index in [1.165, 1.54) is 12.4 Å². The van der Waals surface area contributed by atoms with Gasteiger partial charge in [0.2, 0.25) is 11.9 Å². The predicted octanol–water partition coefficient (Wildman–Crippen LogP) is 5.26. The van der Waals surface area contributed by atoms with Crippen molar-refractivity contribution in [3.63, 3.8) is 0 Å². The molecular formula is C41H52BrN19O2. The molecular weight excluding hydrogens is 870 g/mol. The number of aromatic nitrogens is 12. The third-order valence-electron chi connectivity index (χ3n) is 9.55. The summed E-state index contributed by atoms with van der Waals surface area (Å²) >= 11 is 3.17. The Kier molecular flexibility index (Phi) is 15.4. The molecule has 8 heterocycles. The lowest BCUT2D eigenvalue weighted by Gasteiger charge is -2.34. The summed E-state index contributed by atoms with van der Waals surface area (Å²) in [6.45, 7) is 10.8. The van der Waals surface area contributed by atoms with Crippen molar-refractivity contribution in [2.75, 3.05) is 47.9 Å². The molecule has 6 aromatic heterocycles. The summed E-state index contributed by atoms with van der Waals surface area (Å²) < 4.78 is 9.71. The van der Waals surface area contributed by atoms with Gasteiger partial charge in [-0.25, -0.2) is 29.7 Å². The molecule has 2 aliphatic heterocycles. The molecule has 6 N–H and O–H groups in total. The Morgan fingerprint density at radius 3 is 1.95 bits per heavy atom. The average Bonchev–Trinajstić information content (AvgIpc) is 3.90. The van der Waals surface area contributed by atoms with Gasteiger partial charge in [0.25, 0.3) is 0 Å². The zero-order chi connectivity index (χ0) is 44.9. The molecule has 0 aliphatic carbocycles. The SMILES string of the molecule is Cc1cnc(Br)cn1.Cn1cc(-c2cnc(N)nc2NC2CCN(C(=O)OC(C)(C)C)CC2)cn1.Cn1cc(-c2cnc(Nc3cnc(C#N)cn3)nc2NC2CCNCC2)cn1. The van der Waals surface area contributed by atoms with Crippen molar-refractivity contribution in [2.24, 2.45) is 14.1 Å². The van der Waals surface area contributed by atoms with E-state index in [1.54, 1.807) is 51.4 Å². The standard InChI is InChI=1S/C18H20N10.C18H27N7O2.C5H5BrN2/c1-28-11-12(7-24-28)15-9-23-18(26-16-10-21-14(6-19)8-22-16)27-17(15)25-13-2-4-20-5-3-13;1-18(2,3)27-17(26)25-7-5-13(6-8-25)22-15-14(10-20-16(19)23-15)12-9-21-24(4)11-12;1-4-2-8-5(6)3-7-4/h7-11,13,20H,2-5H2,1H3,(H2,22,23,25,26,27);9-11,13H,5-8H2,1-4H3,(H3,19,20,22,23);2-3H,1H3. The number of halogens is 1. The second-order valence-corrected chi connectivity index (χ2v) is 16.6. The molecule has 0 spiro atoms. The van der Waals surface area contributed by atoms with Crippen LogP contribution in [0.3, 0.4) is 0 Å². The lowest BCUT2D eigenvalue weighted by molar-refractivity contribution is 0.0210. The van der Waals surface area contributed by atoms with Gasteiger partial charge in [-0.05, 0) is 82.4 Å². The maximum atomic E-state index is 12.2. The quantitative estimate of drug-likeness (QED) is 0.130. The zero-order valence-corrected chi connectivity index (χ0v) is 37.7. The summed E-state index contributed by atoms with van der Waals surface area (Å²) in [6.07, 6.45) is 20.6. The van der Waals surface area contributed by atoms with Crippen LogP contribution in [0, 0.1) is 18.3 Å². The number of hydrogen-bond acceptors (Lipinski definition) is 18. The van der Waals surface area contributed by atoms with Gasteiger partial charge in [0, 0.05) is 92.5 Å². The van der Waals surface area contributed by atoms with Gasteiger partial charge in [0.1, 0.15) is 27.9 Å². The van der Waals surface area contributed by atoms with E-state index in [1.807, 2.05) is 60.3 Å². The molecule has 1 amide bonds. The summed E-state index contributed by atoms with van der Waals surface area (Å²) in [7, 11) is 3.74. The highest BCUT2D eigenvalue weighted by Gasteiger charge is 2.28. The number of carbonyl (C=O) groups is 1. The van der Waals surface area contributed by atoms with Gasteiger partial charge in [-0.15, -0.1) is 0 Å². The first kappa shape index (κ1) is 45.7. The number of nitrogens with one attached hydrogen (secondary N) is 4. The number of rotatable bonds is 8. The zero-order valence-electron chi connectivity index (χ0n) is 36.1. The second-order valence-electron chi connectivity index (χ2n) is 15.8. The third-order valence-corrected chi connectivity index (χ3v) is 9.96. The summed E-state index contributed by atoms with van der Waals surface area (Å²) in [6, 6.07) is 2.47. The largest absolute Gasteiger partial charge is 0.444 e. The minimum absolute atomic E-state index is 0.188. The van der Waals surface area contributed by atoms with E-state index in [0.717, 1.165) is 77.1 Å². The molecule has 0 unspecified atom stereocenters. The van der Waals surface area contributed by atoms with Gasteiger partial charge in [-0.2, -0.15) is 25.4 Å². The summed E-state index contributed by atoms with van der Waals surface area (Å²) in [5.41, 5.74) is 10.1. The molecule has 21 nitrogen and oxygen atoms in total. The monoisotopic (exact) mass is 921 g/mol. The van der Waals surface area contributed by atoms with Crippen molar-refractivity contribution < 1.29 is 9.53 Å². The van der Waals surface area contributed by atoms with Crippen LogP contribution in [0.2, 0.25) is 0 Å². The lowest BCUT2D eigenvalue weighted by Crippen LogP contribution is -2.44. The van der Waals surface area contributed by atoms with Gasteiger partial charge < -0.3 is 36.6 Å². The molecule has 63 heavy (non-hydrogen) atoms. The number of amides is 1. The van der Waals surface area contributed by atoms with E-state index in [2.05, 4.69) is 87.3 Å². The van der Waals surface area contributed by atoms with Gasteiger partial charge >= 0.3 is 6.09 Å². The average molecular weight is 923 g/mol. The Morgan fingerprint density at radius 2 is 1.43 bits per heavy atom. The predicted molar refractivity (Wildman–Crippen MR) is 241 cm³/mol. The molecule has 330 valence electrons. The minimum Gasteiger partial charge on any atom is -0.444 e. The van der Waals surface area contributed by atoms with Crippen LogP contribution in [0.1, 0.15) is 57.8 Å². The Balaban J connectivity index is 0.000000178. The molecule has 2 aliphatic rings. The van der Waals surface area contributed by atoms with Crippen LogP contribution < -0.4 is 27.0 Å². The highest BCUT2D eigenvalue weighted by atomic mass is 79.9. The van der Waals surface area contributed by atoms with Crippen LogP contribution in [-0.4, -0.2) is 114 Å². The molecule has 0 radical (unpaired) electrons. The number of likely N-dealkylation sites (tertiary alicyclic amines) is 1. The molecule has 6 aromatic rings.